The number of carbonyl (C=O) groups is 1. The largest absolute Gasteiger partial charge is 0.462 e. The molecule has 1 fully saturated rings. The number of ether oxygens (including phenoxy) is 1. The first-order valence-electron chi connectivity index (χ1n) is 13.5. The molecular weight excluding hydrogens is 492 g/mol. The van der Waals surface area contributed by atoms with E-state index in [1.54, 1.807) is 17.7 Å². The SMILES string of the molecule is CCOC(=O)c1cn(-c2ccc3c(c2)CCC3)c2nc(Nc3cccc(N4CCN(C)CC4)c3)ncc2c1=O. The van der Waals surface area contributed by atoms with Crippen LogP contribution in [-0.2, 0) is 17.6 Å². The third-order valence-electron chi connectivity index (χ3n) is 7.57. The molecule has 39 heavy (non-hydrogen) atoms. The van der Waals surface area contributed by atoms with Crippen LogP contribution in [0.15, 0.2) is 59.7 Å². The quantitative estimate of drug-likeness (QED) is 0.379. The van der Waals surface area contributed by atoms with Crippen molar-refractivity contribution in [1.29, 1.82) is 0 Å². The third-order valence-corrected chi connectivity index (χ3v) is 7.57. The Labute approximate surface area is 227 Å². The van der Waals surface area contributed by atoms with E-state index in [-0.39, 0.29) is 17.6 Å². The van der Waals surface area contributed by atoms with Gasteiger partial charge in [-0.3, -0.25) is 4.79 Å². The molecule has 9 heteroatoms. The van der Waals surface area contributed by atoms with Crippen molar-refractivity contribution in [2.75, 3.05) is 50.1 Å². The number of benzene rings is 2. The van der Waals surface area contributed by atoms with Gasteiger partial charge in [-0.2, -0.15) is 4.98 Å². The Morgan fingerprint density at radius 2 is 1.85 bits per heavy atom. The molecular formula is C30H32N6O3. The lowest BCUT2D eigenvalue weighted by molar-refractivity contribution is 0.0524. The highest BCUT2D eigenvalue weighted by molar-refractivity contribution is 5.93. The zero-order chi connectivity index (χ0) is 26.9. The number of hydrogen-bond acceptors (Lipinski definition) is 8. The van der Waals surface area contributed by atoms with Gasteiger partial charge < -0.3 is 24.4 Å². The van der Waals surface area contributed by atoms with E-state index in [1.807, 2.05) is 18.2 Å². The van der Waals surface area contributed by atoms with E-state index in [0.717, 1.165) is 62.5 Å². The minimum atomic E-state index is -0.651. The second-order valence-electron chi connectivity index (χ2n) is 10.2. The number of carbonyl (C=O) groups excluding carboxylic acids is 1. The van der Waals surface area contributed by atoms with Crippen LogP contribution in [0, 0.1) is 0 Å². The number of hydrogen-bond donors (Lipinski definition) is 1. The second-order valence-corrected chi connectivity index (χ2v) is 10.2. The summed E-state index contributed by atoms with van der Waals surface area (Å²) in [5.74, 6) is -0.279. The Kier molecular flexibility index (Phi) is 6.74. The van der Waals surface area contributed by atoms with Crippen LogP contribution in [0.4, 0.5) is 17.3 Å². The smallest absolute Gasteiger partial charge is 0.343 e. The van der Waals surface area contributed by atoms with Crippen LogP contribution >= 0.6 is 0 Å². The summed E-state index contributed by atoms with van der Waals surface area (Å²) in [6.07, 6.45) is 6.24. The Morgan fingerprint density at radius 1 is 1.03 bits per heavy atom. The number of nitrogens with zero attached hydrogens (tertiary/aromatic N) is 5. The monoisotopic (exact) mass is 524 g/mol. The molecule has 1 aliphatic heterocycles. The van der Waals surface area contributed by atoms with E-state index in [0.29, 0.717) is 11.6 Å². The van der Waals surface area contributed by atoms with E-state index in [1.165, 1.54) is 17.3 Å². The van der Waals surface area contributed by atoms with E-state index in [2.05, 4.69) is 51.4 Å². The molecule has 1 aliphatic carbocycles. The molecule has 0 spiro atoms. The Hall–Kier alpha value is -4.24. The summed E-state index contributed by atoms with van der Waals surface area (Å²) in [4.78, 5) is 39.9. The Balaban J connectivity index is 1.40. The molecule has 0 unspecified atom stereocenters. The lowest BCUT2D eigenvalue weighted by atomic mass is 10.1. The summed E-state index contributed by atoms with van der Waals surface area (Å²) in [6, 6.07) is 14.5. The maximum absolute atomic E-state index is 13.3. The van der Waals surface area contributed by atoms with Crippen molar-refractivity contribution in [2.24, 2.45) is 0 Å². The van der Waals surface area contributed by atoms with Crippen LogP contribution in [0.25, 0.3) is 16.7 Å². The summed E-state index contributed by atoms with van der Waals surface area (Å²) >= 11 is 0. The van der Waals surface area contributed by atoms with Gasteiger partial charge in [0.25, 0.3) is 0 Å². The van der Waals surface area contributed by atoms with Gasteiger partial charge in [-0.05, 0) is 74.7 Å². The molecule has 4 aromatic rings. The fourth-order valence-corrected chi connectivity index (χ4v) is 5.40. The number of piperazine rings is 1. The molecule has 200 valence electrons. The number of likely N-dealkylation sites (N-methyl/N-ethyl adjacent to an activating group) is 1. The van der Waals surface area contributed by atoms with E-state index < -0.39 is 11.4 Å². The van der Waals surface area contributed by atoms with Gasteiger partial charge in [0.05, 0.1) is 12.0 Å². The predicted molar refractivity (Wildman–Crippen MR) is 153 cm³/mol. The van der Waals surface area contributed by atoms with Crippen molar-refractivity contribution in [3.63, 3.8) is 0 Å². The highest BCUT2D eigenvalue weighted by atomic mass is 16.5. The first kappa shape index (κ1) is 25.1. The van der Waals surface area contributed by atoms with Crippen LogP contribution in [0.1, 0.15) is 34.8 Å². The van der Waals surface area contributed by atoms with Crippen molar-refractivity contribution in [3.05, 3.63) is 81.8 Å². The van der Waals surface area contributed by atoms with Crippen LogP contribution in [0.3, 0.4) is 0 Å². The van der Waals surface area contributed by atoms with Gasteiger partial charge in [0.15, 0.2) is 5.65 Å². The van der Waals surface area contributed by atoms with Gasteiger partial charge in [-0.15, -0.1) is 0 Å². The average molecular weight is 525 g/mol. The standard InChI is InChI=1S/C30H32N6O3/c1-3-39-29(38)26-19-36(24-11-10-20-6-4-7-21(20)16-24)28-25(27(26)37)18-31-30(33-28)32-22-8-5-9-23(17-22)35-14-12-34(2)13-15-35/h5,8-11,16-19H,3-4,6-7,12-15H2,1-2H3,(H,31,32,33). The molecule has 1 N–H and O–H groups in total. The number of aryl methyl sites for hydroxylation is 2. The lowest BCUT2D eigenvalue weighted by Crippen LogP contribution is -2.44. The highest BCUT2D eigenvalue weighted by Crippen LogP contribution is 2.27. The minimum absolute atomic E-state index is 0.0333. The molecule has 0 saturated carbocycles. The molecule has 0 bridgehead atoms. The number of anilines is 3. The van der Waals surface area contributed by atoms with Crippen LogP contribution < -0.4 is 15.6 Å². The summed E-state index contributed by atoms with van der Waals surface area (Å²) in [5.41, 5.74) is 5.42. The highest BCUT2D eigenvalue weighted by Gasteiger charge is 2.21. The summed E-state index contributed by atoms with van der Waals surface area (Å²) in [7, 11) is 2.14. The van der Waals surface area contributed by atoms with Crippen LogP contribution in [-0.4, -0.2) is 65.2 Å². The summed E-state index contributed by atoms with van der Waals surface area (Å²) in [6.45, 7) is 5.91. The second kappa shape index (κ2) is 10.5. The summed E-state index contributed by atoms with van der Waals surface area (Å²) in [5, 5.41) is 3.58. The number of nitrogens with one attached hydrogen (secondary N) is 1. The number of fused-ring (bicyclic) bond motifs is 2. The summed E-state index contributed by atoms with van der Waals surface area (Å²) < 4.78 is 6.98. The van der Waals surface area contributed by atoms with Gasteiger partial charge in [0, 0.05) is 55.6 Å². The predicted octanol–water partition coefficient (Wildman–Crippen LogP) is 3.94. The number of aromatic nitrogens is 3. The Morgan fingerprint density at radius 3 is 2.67 bits per heavy atom. The zero-order valence-corrected chi connectivity index (χ0v) is 22.3. The van der Waals surface area contributed by atoms with Crippen LogP contribution in [0.2, 0.25) is 0 Å². The molecule has 9 nitrogen and oxygen atoms in total. The fourth-order valence-electron chi connectivity index (χ4n) is 5.40. The van der Waals surface area contributed by atoms with E-state index in [4.69, 9.17) is 9.72 Å². The van der Waals surface area contributed by atoms with Gasteiger partial charge in [0.1, 0.15) is 5.56 Å². The van der Waals surface area contributed by atoms with Gasteiger partial charge in [-0.25, -0.2) is 9.78 Å². The number of esters is 1. The molecule has 0 radical (unpaired) electrons. The van der Waals surface area contributed by atoms with Crippen molar-refractivity contribution < 1.29 is 9.53 Å². The molecule has 3 heterocycles. The van der Waals surface area contributed by atoms with E-state index >= 15 is 0 Å². The normalized spacial score (nSPS) is 15.4. The van der Waals surface area contributed by atoms with Crippen molar-refractivity contribution in [3.8, 4) is 5.69 Å². The maximum Gasteiger partial charge on any atom is 0.343 e. The average Bonchev–Trinajstić information content (AvgIpc) is 3.42. The molecule has 6 rings (SSSR count). The lowest BCUT2D eigenvalue weighted by Gasteiger charge is -2.34. The Bertz CT molecular complexity index is 1610. The zero-order valence-electron chi connectivity index (χ0n) is 22.3. The van der Waals surface area contributed by atoms with Crippen molar-refractivity contribution in [2.45, 2.75) is 26.2 Å². The molecule has 2 aromatic carbocycles. The number of pyridine rings is 1. The van der Waals surface area contributed by atoms with E-state index in [9.17, 15) is 9.59 Å². The van der Waals surface area contributed by atoms with Gasteiger partial charge >= 0.3 is 5.97 Å². The van der Waals surface area contributed by atoms with Gasteiger partial charge in [-0.1, -0.05) is 12.1 Å². The third kappa shape index (κ3) is 4.97. The molecule has 2 aliphatic rings. The van der Waals surface area contributed by atoms with Crippen molar-refractivity contribution in [1.82, 2.24) is 19.4 Å². The minimum Gasteiger partial charge on any atom is -0.462 e. The first-order chi connectivity index (χ1) is 19.0. The molecule has 2 aromatic heterocycles. The first-order valence-corrected chi connectivity index (χ1v) is 13.5. The topological polar surface area (TPSA) is 92.6 Å². The van der Waals surface area contributed by atoms with Gasteiger partial charge in [0.2, 0.25) is 11.4 Å². The maximum atomic E-state index is 13.3. The van der Waals surface area contributed by atoms with Crippen molar-refractivity contribution >= 4 is 34.3 Å². The molecule has 1 saturated heterocycles. The number of rotatable bonds is 6. The molecule has 0 atom stereocenters. The van der Waals surface area contributed by atoms with Crippen LogP contribution in [0.5, 0.6) is 0 Å². The fraction of sp³-hybridized carbons (Fsp3) is 0.333. The molecule has 0 amide bonds.